The molecule has 0 radical (unpaired) electrons. The molecule has 0 bridgehead atoms. The molecule has 0 amide bonds. The fourth-order valence-electron chi connectivity index (χ4n) is 2.60. The second kappa shape index (κ2) is 5.30. The van der Waals surface area contributed by atoms with Gasteiger partial charge in [-0.25, -0.2) is 13.1 Å². The van der Waals surface area contributed by atoms with Crippen molar-refractivity contribution < 1.29 is 8.42 Å². The maximum atomic E-state index is 11.1. The number of nitrogens with one attached hydrogen (secondary N) is 1. The van der Waals surface area contributed by atoms with Crippen molar-refractivity contribution in [2.24, 2.45) is 11.8 Å². The first kappa shape index (κ1) is 13.0. The molecule has 1 saturated carbocycles. The summed E-state index contributed by atoms with van der Waals surface area (Å²) >= 11 is 0. The lowest BCUT2D eigenvalue weighted by molar-refractivity contribution is 0.379. The summed E-state index contributed by atoms with van der Waals surface area (Å²) in [6.07, 6.45) is 7.01. The van der Waals surface area contributed by atoms with E-state index in [-0.39, 0.29) is 6.04 Å². The zero-order valence-electron chi connectivity index (χ0n) is 9.99. The molecule has 1 unspecified atom stereocenters. The average molecular weight is 233 g/mol. The Morgan fingerprint density at radius 2 is 2.00 bits per heavy atom. The summed E-state index contributed by atoms with van der Waals surface area (Å²) in [5, 5.41) is 0. The van der Waals surface area contributed by atoms with Crippen LogP contribution in [0.2, 0.25) is 0 Å². The van der Waals surface area contributed by atoms with Crippen molar-refractivity contribution in [1.82, 2.24) is 4.72 Å². The number of hydrogen-bond donors (Lipinski definition) is 1. The molecule has 0 aliphatic heterocycles. The van der Waals surface area contributed by atoms with Gasteiger partial charge in [-0.15, -0.1) is 0 Å². The highest BCUT2D eigenvalue weighted by molar-refractivity contribution is 7.88. The standard InChI is InChI=1S/C11H23NO2S/c1-4-5-6-10-8-11(7-9(10)2)12-15(3,13)14/h9-12H,4-8H2,1-3H3/t9-,10?,11+/m1/s1. The second-order valence-electron chi connectivity index (χ2n) is 4.94. The summed E-state index contributed by atoms with van der Waals surface area (Å²) in [6.45, 7) is 4.44. The van der Waals surface area contributed by atoms with Crippen molar-refractivity contribution in [3.63, 3.8) is 0 Å². The van der Waals surface area contributed by atoms with Crippen LogP contribution in [-0.4, -0.2) is 20.7 Å². The monoisotopic (exact) mass is 233 g/mol. The van der Waals surface area contributed by atoms with Crippen LogP contribution in [0, 0.1) is 11.8 Å². The molecule has 0 spiro atoms. The molecule has 1 aliphatic rings. The third-order valence-electron chi connectivity index (χ3n) is 3.36. The van der Waals surface area contributed by atoms with Crippen LogP contribution in [0.15, 0.2) is 0 Å². The Morgan fingerprint density at radius 1 is 1.33 bits per heavy atom. The lowest BCUT2D eigenvalue weighted by atomic mass is 9.93. The van der Waals surface area contributed by atoms with Crippen LogP contribution in [0.1, 0.15) is 46.0 Å². The largest absolute Gasteiger partial charge is 0.213 e. The zero-order valence-corrected chi connectivity index (χ0v) is 10.8. The van der Waals surface area contributed by atoms with Crippen molar-refractivity contribution in [2.45, 2.75) is 52.0 Å². The third kappa shape index (κ3) is 4.51. The van der Waals surface area contributed by atoms with Gasteiger partial charge in [0.2, 0.25) is 10.0 Å². The van der Waals surface area contributed by atoms with Crippen LogP contribution in [-0.2, 0) is 10.0 Å². The van der Waals surface area contributed by atoms with Gasteiger partial charge in [0.1, 0.15) is 0 Å². The molecule has 0 aromatic carbocycles. The van der Waals surface area contributed by atoms with Crippen LogP contribution in [0.3, 0.4) is 0 Å². The molecule has 4 heteroatoms. The summed E-state index contributed by atoms with van der Waals surface area (Å²) in [4.78, 5) is 0. The van der Waals surface area contributed by atoms with Gasteiger partial charge in [-0.05, 0) is 24.7 Å². The molecule has 1 aliphatic carbocycles. The van der Waals surface area contributed by atoms with Gasteiger partial charge in [-0.1, -0.05) is 33.1 Å². The minimum Gasteiger partial charge on any atom is -0.213 e. The Bertz CT molecular complexity index is 287. The van der Waals surface area contributed by atoms with Crippen LogP contribution in [0.25, 0.3) is 0 Å². The van der Waals surface area contributed by atoms with Gasteiger partial charge in [0.15, 0.2) is 0 Å². The first-order valence-electron chi connectivity index (χ1n) is 5.89. The van der Waals surface area contributed by atoms with Crippen LogP contribution in [0.4, 0.5) is 0 Å². The summed E-state index contributed by atoms with van der Waals surface area (Å²) in [5.41, 5.74) is 0. The number of hydrogen-bond acceptors (Lipinski definition) is 2. The van der Waals surface area contributed by atoms with Gasteiger partial charge in [0.25, 0.3) is 0 Å². The number of rotatable bonds is 5. The SMILES string of the molecule is CCCCC1C[C@@H](NS(C)(=O)=O)C[C@H]1C. The Morgan fingerprint density at radius 3 is 2.53 bits per heavy atom. The smallest absolute Gasteiger partial charge is 0.208 e. The van der Waals surface area contributed by atoms with E-state index in [4.69, 9.17) is 0 Å². The van der Waals surface area contributed by atoms with E-state index in [9.17, 15) is 8.42 Å². The summed E-state index contributed by atoms with van der Waals surface area (Å²) in [5.74, 6) is 1.37. The maximum Gasteiger partial charge on any atom is 0.208 e. The Balaban J connectivity index is 2.41. The molecular weight excluding hydrogens is 210 g/mol. The molecule has 0 heterocycles. The first-order valence-corrected chi connectivity index (χ1v) is 7.78. The quantitative estimate of drug-likeness (QED) is 0.791. The summed E-state index contributed by atoms with van der Waals surface area (Å²) in [7, 11) is -3.02. The summed E-state index contributed by atoms with van der Waals surface area (Å²) in [6, 6.07) is 0.178. The predicted molar refractivity (Wildman–Crippen MR) is 63.2 cm³/mol. The highest BCUT2D eigenvalue weighted by atomic mass is 32.2. The lowest BCUT2D eigenvalue weighted by Gasteiger charge is -2.13. The van der Waals surface area contributed by atoms with E-state index < -0.39 is 10.0 Å². The molecule has 90 valence electrons. The van der Waals surface area contributed by atoms with E-state index in [0.717, 1.165) is 12.8 Å². The van der Waals surface area contributed by atoms with Crippen LogP contribution < -0.4 is 4.72 Å². The Kier molecular flexibility index (Phi) is 4.59. The molecule has 1 N–H and O–H groups in total. The normalized spacial score (nSPS) is 32.1. The third-order valence-corrected chi connectivity index (χ3v) is 4.12. The van der Waals surface area contributed by atoms with Crippen molar-refractivity contribution in [3.8, 4) is 0 Å². The van der Waals surface area contributed by atoms with E-state index in [1.807, 2.05) is 0 Å². The Hall–Kier alpha value is -0.0900. The van der Waals surface area contributed by atoms with Crippen LogP contribution >= 0.6 is 0 Å². The zero-order chi connectivity index (χ0) is 11.5. The van der Waals surface area contributed by atoms with E-state index >= 15 is 0 Å². The molecule has 15 heavy (non-hydrogen) atoms. The Labute approximate surface area is 93.7 Å². The van der Waals surface area contributed by atoms with E-state index in [0.29, 0.717) is 11.8 Å². The summed E-state index contributed by atoms with van der Waals surface area (Å²) < 4.78 is 24.9. The number of unbranched alkanes of at least 4 members (excludes halogenated alkanes) is 1. The van der Waals surface area contributed by atoms with Crippen molar-refractivity contribution >= 4 is 10.0 Å². The van der Waals surface area contributed by atoms with Gasteiger partial charge in [-0.3, -0.25) is 0 Å². The molecule has 0 saturated heterocycles. The van der Waals surface area contributed by atoms with Gasteiger partial charge in [-0.2, -0.15) is 0 Å². The molecule has 1 rings (SSSR count). The topological polar surface area (TPSA) is 46.2 Å². The molecule has 0 aromatic heterocycles. The van der Waals surface area contributed by atoms with Crippen molar-refractivity contribution in [3.05, 3.63) is 0 Å². The fourth-order valence-corrected chi connectivity index (χ4v) is 3.40. The van der Waals surface area contributed by atoms with E-state index in [2.05, 4.69) is 18.6 Å². The number of sulfonamides is 1. The van der Waals surface area contributed by atoms with Crippen molar-refractivity contribution in [1.29, 1.82) is 0 Å². The molecule has 3 nitrogen and oxygen atoms in total. The highest BCUT2D eigenvalue weighted by Crippen LogP contribution is 2.35. The van der Waals surface area contributed by atoms with Gasteiger partial charge < -0.3 is 0 Å². The minimum absolute atomic E-state index is 0.178. The van der Waals surface area contributed by atoms with Gasteiger partial charge in [0, 0.05) is 6.04 Å². The fraction of sp³-hybridized carbons (Fsp3) is 1.00. The average Bonchev–Trinajstić information content (AvgIpc) is 2.39. The van der Waals surface area contributed by atoms with Gasteiger partial charge in [0.05, 0.1) is 6.26 Å². The van der Waals surface area contributed by atoms with Gasteiger partial charge >= 0.3 is 0 Å². The lowest BCUT2D eigenvalue weighted by Crippen LogP contribution is -2.32. The van der Waals surface area contributed by atoms with Crippen LogP contribution in [0.5, 0.6) is 0 Å². The maximum absolute atomic E-state index is 11.1. The van der Waals surface area contributed by atoms with E-state index in [1.165, 1.54) is 25.5 Å². The van der Waals surface area contributed by atoms with Crippen molar-refractivity contribution in [2.75, 3.05) is 6.26 Å². The van der Waals surface area contributed by atoms with E-state index in [1.54, 1.807) is 0 Å². The molecule has 1 fully saturated rings. The first-order chi connectivity index (χ1) is 6.92. The minimum atomic E-state index is -3.02. The molecular formula is C11H23NO2S. The molecule has 3 atom stereocenters. The second-order valence-corrected chi connectivity index (χ2v) is 6.72. The predicted octanol–water partition coefficient (Wildman–Crippen LogP) is 2.14. The highest BCUT2D eigenvalue weighted by Gasteiger charge is 2.31. The molecule has 0 aromatic rings.